The fourth-order valence-corrected chi connectivity index (χ4v) is 3.18. The van der Waals surface area contributed by atoms with Crippen molar-refractivity contribution in [2.45, 2.75) is 6.92 Å². The van der Waals surface area contributed by atoms with Gasteiger partial charge in [0, 0.05) is 10.9 Å². The molecule has 0 spiro atoms. The van der Waals surface area contributed by atoms with Crippen LogP contribution in [0.1, 0.15) is 16.1 Å². The minimum atomic E-state index is -0.585. The third kappa shape index (κ3) is 2.92. The molecular formula is C19H13FN2OS. The Balaban J connectivity index is 2.08. The molecule has 5 heteroatoms. The number of aryl methyl sites for hydroxylation is 1. The molecule has 0 atom stereocenters. The lowest BCUT2D eigenvalue weighted by Crippen LogP contribution is -1.93. The molecule has 3 nitrogen and oxygen atoms in total. The van der Waals surface area contributed by atoms with Crippen LogP contribution in [0, 0.1) is 24.1 Å². The third-order valence-corrected chi connectivity index (χ3v) is 4.48. The summed E-state index contributed by atoms with van der Waals surface area (Å²) in [5.74, 6) is -0.986. The Hall–Kier alpha value is -2.97. The Kier molecular flexibility index (Phi) is 4.41. The second kappa shape index (κ2) is 6.65. The average molecular weight is 336 g/mol. The van der Waals surface area contributed by atoms with Crippen molar-refractivity contribution in [2.24, 2.45) is 0 Å². The first-order valence-corrected chi connectivity index (χ1v) is 8.10. The number of rotatable bonds is 3. The molecule has 0 aliphatic heterocycles. The molecule has 0 unspecified atom stereocenters. The van der Waals surface area contributed by atoms with Crippen molar-refractivity contribution in [1.82, 2.24) is 4.98 Å². The van der Waals surface area contributed by atoms with Crippen LogP contribution in [0.5, 0.6) is 0 Å². The molecule has 0 radical (unpaired) electrons. The van der Waals surface area contributed by atoms with Crippen molar-refractivity contribution in [2.75, 3.05) is 0 Å². The lowest BCUT2D eigenvalue weighted by atomic mass is 10.1. The smallest absolute Gasteiger partial charge is 0.146 e. The Morgan fingerprint density at radius 1 is 1.17 bits per heavy atom. The highest BCUT2D eigenvalue weighted by Crippen LogP contribution is 2.31. The standard InChI is InChI=1S/C19H13FN2OS/c1-12-6-2-3-7-13(12)17-11-24-19(22-17)15(10-21)18(23)14-8-4-5-9-16(14)20/h2-9,11,23H,1H3/b18-15+. The Morgan fingerprint density at radius 2 is 1.88 bits per heavy atom. The van der Waals surface area contributed by atoms with Gasteiger partial charge in [0.2, 0.25) is 0 Å². The molecule has 1 N–H and O–H groups in total. The van der Waals surface area contributed by atoms with E-state index in [1.54, 1.807) is 6.07 Å². The van der Waals surface area contributed by atoms with Crippen LogP contribution in [0.2, 0.25) is 0 Å². The minimum absolute atomic E-state index is 0.0123. The molecule has 1 heterocycles. The lowest BCUT2D eigenvalue weighted by molar-refractivity contribution is 0.504. The number of halogens is 1. The van der Waals surface area contributed by atoms with E-state index < -0.39 is 11.6 Å². The van der Waals surface area contributed by atoms with Gasteiger partial charge in [0.15, 0.2) is 0 Å². The number of nitrogens with zero attached hydrogens (tertiary/aromatic N) is 2. The zero-order chi connectivity index (χ0) is 17.1. The first-order chi connectivity index (χ1) is 11.6. The second-order valence-corrected chi connectivity index (χ2v) is 6.03. The molecule has 0 amide bonds. The first-order valence-electron chi connectivity index (χ1n) is 7.22. The number of aliphatic hydroxyl groups is 1. The van der Waals surface area contributed by atoms with Crippen molar-refractivity contribution in [3.8, 4) is 17.3 Å². The number of allylic oxidation sites excluding steroid dienone is 1. The number of thiazole rings is 1. The largest absolute Gasteiger partial charge is 0.506 e. The summed E-state index contributed by atoms with van der Waals surface area (Å²) < 4.78 is 13.9. The van der Waals surface area contributed by atoms with Gasteiger partial charge in [0.1, 0.15) is 28.2 Å². The van der Waals surface area contributed by atoms with Gasteiger partial charge in [-0.05, 0) is 24.6 Å². The molecule has 0 saturated carbocycles. The van der Waals surface area contributed by atoms with Crippen LogP contribution >= 0.6 is 11.3 Å². The summed E-state index contributed by atoms with van der Waals surface area (Å²) in [4.78, 5) is 4.44. The summed E-state index contributed by atoms with van der Waals surface area (Å²) in [6.45, 7) is 1.98. The maximum Gasteiger partial charge on any atom is 0.146 e. The minimum Gasteiger partial charge on any atom is -0.506 e. The van der Waals surface area contributed by atoms with Crippen molar-refractivity contribution >= 4 is 22.7 Å². The Labute approximate surface area is 143 Å². The molecule has 0 bridgehead atoms. The summed E-state index contributed by atoms with van der Waals surface area (Å²) in [5.41, 5.74) is 2.70. The Morgan fingerprint density at radius 3 is 2.58 bits per heavy atom. The molecule has 24 heavy (non-hydrogen) atoms. The maximum absolute atomic E-state index is 13.9. The number of aliphatic hydroxyl groups excluding tert-OH is 1. The number of aromatic nitrogens is 1. The van der Waals surface area contributed by atoms with Gasteiger partial charge in [-0.15, -0.1) is 11.3 Å². The predicted octanol–water partition coefficient (Wildman–Crippen LogP) is 5.21. The SMILES string of the molecule is Cc1ccccc1-c1csc(/C(C#N)=C(/O)c2ccccc2F)n1. The van der Waals surface area contributed by atoms with E-state index in [9.17, 15) is 14.8 Å². The van der Waals surface area contributed by atoms with Crippen molar-refractivity contribution in [1.29, 1.82) is 5.26 Å². The highest BCUT2D eigenvalue weighted by Gasteiger charge is 2.17. The quantitative estimate of drug-likeness (QED) is 0.528. The topological polar surface area (TPSA) is 56.9 Å². The number of nitriles is 1. The predicted molar refractivity (Wildman–Crippen MR) is 93.7 cm³/mol. The summed E-state index contributed by atoms with van der Waals surface area (Å²) in [7, 11) is 0. The van der Waals surface area contributed by atoms with Crippen LogP contribution in [0.25, 0.3) is 22.6 Å². The zero-order valence-electron chi connectivity index (χ0n) is 12.8. The van der Waals surface area contributed by atoms with Gasteiger partial charge >= 0.3 is 0 Å². The van der Waals surface area contributed by atoms with Crippen molar-refractivity contribution in [3.63, 3.8) is 0 Å². The van der Waals surface area contributed by atoms with Crippen LogP contribution in [-0.2, 0) is 0 Å². The van der Waals surface area contributed by atoms with Crippen LogP contribution in [0.3, 0.4) is 0 Å². The first kappa shape index (κ1) is 15.9. The Bertz CT molecular complexity index is 969. The summed E-state index contributed by atoms with van der Waals surface area (Å²) >= 11 is 1.24. The van der Waals surface area contributed by atoms with E-state index in [0.717, 1.165) is 16.8 Å². The van der Waals surface area contributed by atoms with Gasteiger partial charge in [-0.3, -0.25) is 0 Å². The molecule has 118 valence electrons. The van der Waals surface area contributed by atoms with Gasteiger partial charge in [-0.25, -0.2) is 9.37 Å². The summed E-state index contributed by atoms with van der Waals surface area (Å²) in [6, 6.07) is 15.5. The van der Waals surface area contributed by atoms with Gasteiger partial charge in [-0.2, -0.15) is 5.26 Å². The highest BCUT2D eigenvalue weighted by atomic mass is 32.1. The molecule has 2 aromatic carbocycles. The lowest BCUT2D eigenvalue weighted by Gasteiger charge is -2.04. The van der Waals surface area contributed by atoms with Gasteiger partial charge in [0.05, 0.1) is 11.3 Å². The van der Waals surface area contributed by atoms with Crippen LogP contribution < -0.4 is 0 Å². The van der Waals surface area contributed by atoms with Gasteiger partial charge < -0.3 is 5.11 Å². The van der Waals surface area contributed by atoms with Gasteiger partial charge in [0.25, 0.3) is 0 Å². The summed E-state index contributed by atoms with van der Waals surface area (Å²) in [6.07, 6.45) is 0. The van der Waals surface area contributed by atoms with E-state index in [1.807, 2.05) is 42.6 Å². The van der Waals surface area contributed by atoms with E-state index in [2.05, 4.69) is 4.98 Å². The molecular weight excluding hydrogens is 323 g/mol. The molecule has 0 aliphatic rings. The highest BCUT2D eigenvalue weighted by molar-refractivity contribution is 7.11. The fourth-order valence-electron chi connectivity index (χ4n) is 2.36. The third-order valence-electron chi connectivity index (χ3n) is 3.62. The average Bonchev–Trinajstić information content (AvgIpc) is 3.05. The monoisotopic (exact) mass is 336 g/mol. The molecule has 3 aromatic rings. The van der Waals surface area contributed by atoms with Crippen LogP contribution in [0.4, 0.5) is 4.39 Å². The molecule has 3 rings (SSSR count). The second-order valence-electron chi connectivity index (χ2n) is 5.17. The van der Waals surface area contributed by atoms with Gasteiger partial charge in [-0.1, -0.05) is 36.4 Å². The van der Waals surface area contributed by atoms with Crippen LogP contribution in [0.15, 0.2) is 53.9 Å². The normalized spacial score (nSPS) is 11.7. The van der Waals surface area contributed by atoms with E-state index in [0.29, 0.717) is 5.01 Å². The molecule has 0 fully saturated rings. The molecule has 0 saturated heterocycles. The maximum atomic E-state index is 13.9. The van der Waals surface area contributed by atoms with Crippen LogP contribution in [-0.4, -0.2) is 10.1 Å². The van der Waals surface area contributed by atoms with Crippen molar-refractivity contribution in [3.05, 3.63) is 75.9 Å². The van der Waals surface area contributed by atoms with Crippen molar-refractivity contribution < 1.29 is 9.50 Å². The molecule has 1 aromatic heterocycles. The fraction of sp³-hybridized carbons (Fsp3) is 0.0526. The summed E-state index contributed by atoms with van der Waals surface area (Å²) in [5, 5.41) is 21.9. The van der Waals surface area contributed by atoms with E-state index in [4.69, 9.17) is 0 Å². The number of hydrogen-bond acceptors (Lipinski definition) is 4. The number of benzene rings is 2. The van der Waals surface area contributed by atoms with E-state index >= 15 is 0 Å². The number of hydrogen-bond donors (Lipinski definition) is 1. The van der Waals surface area contributed by atoms with E-state index in [1.165, 1.54) is 29.5 Å². The zero-order valence-corrected chi connectivity index (χ0v) is 13.6. The van der Waals surface area contributed by atoms with E-state index in [-0.39, 0.29) is 11.1 Å². The molecule has 0 aliphatic carbocycles.